The van der Waals surface area contributed by atoms with E-state index in [1.807, 2.05) is 13.8 Å². The van der Waals surface area contributed by atoms with Crippen LogP contribution >= 0.6 is 9.24 Å². The second kappa shape index (κ2) is 11.8. The molecule has 4 N–H and O–H groups in total. The molecule has 3 atom stereocenters. The molecule has 0 aliphatic carbocycles. The highest BCUT2D eigenvalue weighted by molar-refractivity contribution is 7.18. The normalized spacial score (nSPS) is 17.3. The fourth-order valence-electron chi connectivity index (χ4n) is 3.63. The van der Waals surface area contributed by atoms with Gasteiger partial charge in [0.1, 0.15) is 0 Å². The molecule has 0 aromatic carbocycles. The van der Waals surface area contributed by atoms with E-state index >= 15 is 0 Å². The zero-order chi connectivity index (χ0) is 25.6. The van der Waals surface area contributed by atoms with Crippen LogP contribution in [-0.4, -0.2) is 47.9 Å². The lowest BCUT2D eigenvalue weighted by Gasteiger charge is -2.47. The second-order valence-electron chi connectivity index (χ2n) is 13.0. The van der Waals surface area contributed by atoms with Gasteiger partial charge in [-0.1, -0.05) is 27.7 Å². The molecular weight excluding hydrogens is 419 g/mol. The van der Waals surface area contributed by atoms with Crippen LogP contribution in [0.3, 0.4) is 0 Å². The monoisotopic (exact) mass is 476 g/mol. The third kappa shape index (κ3) is 11.1. The van der Waals surface area contributed by atoms with E-state index < -0.39 is 0 Å². The molecule has 3 unspecified atom stereocenters. The third-order valence-electron chi connectivity index (χ3n) is 7.56. The third-order valence-corrected chi connectivity index (χ3v) is 8.02. The Bertz CT molecular complexity index is 552. The summed E-state index contributed by atoms with van der Waals surface area (Å²) in [5.41, 5.74) is 10.9. The maximum Gasteiger partial charge on any atom is 0.0797 e. The first-order chi connectivity index (χ1) is 14.1. The van der Waals surface area contributed by atoms with Crippen LogP contribution in [0.5, 0.6) is 0 Å². The lowest BCUT2D eigenvalue weighted by Crippen LogP contribution is -2.48. The smallest absolute Gasteiger partial charge is 0.0797 e. The molecule has 0 spiro atoms. The van der Waals surface area contributed by atoms with Crippen molar-refractivity contribution in [3.05, 3.63) is 0 Å². The van der Waals surface area contributed by atoms with Crippen molar-refractivity contribution in [2.45, 2.75) is 137 Å². The molecule has 0 heterocycles. The number of nitrogens with two attached hydrogens (primary N) is 2. The Labute approximate surface area is 202 Å². The number of ether oxygens (including phenoxy) is 3. The summed E-state index contributed by atoms with van der Waals surface area (Å²) in [4.78, 5) is 0. The number of hydrogen-bond acceptors (Lipinski definition) is 5. The highest BCUT2D eigenvalue weighted by Gasteiger charge is 2.43. The molecule has 5 nitrogen and oxygen atoms in total. The Morgan fingerprint density at radius 2 is 1.22 bits per heavy atom. The maximum atomic E-state index is 6.67. The summed E-state index contributed by atoms with van der Waals surface area (Å²) in [5.74, 6) is 0. The van der Waals surface area contributed by atoms with Crippen molar-refractivity contribution >= 4 is 9.24 Å². The summed E-state index contributed by atoms with van der Waals surface area (Å²) in [5, 5.41) is -0.266. The van der Waals surface area contributed by atoms with Crippen LogP contribution in [0.4, 0.5) is 0 Å². The predicted molar refractivity (Wildman–Crippen MR) is 142 cm³/mol. The molecule has 0 radical (unpaired) electrons. The Hall–Kier alpha value is 0.230. The number of rotatable bonds is 16. The lowest BCUT2D eigenvalue weighted by molar-refractivity contribution is -0.167. The molecular formula is C26H57N2O3P. The summed E-state index contributed by atoms with van der Waals surface area (Å²) >= 11 is 0. The van der Waals surface area contributed by atoms with Crippen molar-refractivity contribution in [1.29, 1.82) is 0 Å². The van der Waals surface area contributed by atoms with E-state index in [4.69, 9.17) is 25.7 Å². The standard InChI is InChI=1S/C26H57N2O3P/c1-20(19-22(4,5)24(8,9)29-18-15-23(6,7)28)31-25(10,11)21(2,3)14-17-30-26(12,32)13-16-27/h20H,13-19,27-28,32H2,1-12H3. The summed E-state index contributed by atoms with van der Waals surface area (Å²) in [6, 6.07) is 0. The van der Waals surface area contributed by atoms with Gasteiger partial charge in [-0.25, -0.2) is 0 Å². The first-order valence-electron chi connectivity index (χ1n) is 12.3. The van der Waals surface area contributed by atoms with Crippen molar-refractivity contribution in [3.8, 4) is 0 Å². The summed E-state index contributed by atoms with van der Waals surface area (Å²) in [7, 11) is 2.78. The van der Waals surface area contributed by atoms with Crippen molar-refractivity contribution in [2.24, 2.45) is 22.3 Å². The SMILES string of the molecule is CC(CC(C)(C)C(C)(C)OCCC(C)(C)N)OC(C)(C)C(C)(C)CCOC(C)(P)CCN. The molecule has 0 aromatic rings. The Morgan fingerprint density at radius 1 is 0.719 bits per heavy atom. The van der Waals surface area contributed by atoms with Gasteiger partial charge in [0.25, 0.3) is 0 Å². The molecule has 0 rings (SSSR count). The molecule has 0 aliphatic heterocycles. The number of hydrogen-bond donors (Lipinski definition) is 2. The van der Waals surface area contributed by atoms with E-state index in [9.17, 15) is 0 Å². The average molecular weight is 477 g/mol. The van der Waals surface area contributed by atoms with E-state index in [1.165, 1.54) is 0 Å². The molecule has 6 heteroatoms. The van der Waals surface area contributed by atoms with Gasteiger partial charge in [0.15, 0.2) is 0 Å². The van der Waals surface area contributed by atoms with Gasteiger partial charge < -0.3 is 25.7 Å². The molecule has 0 saturated carbocycles. The predicted octanol–water partition coefficient (Wildman–Crippen LogP) is 5.88. The second-order valence-corrected chi connectivity index (χ2v) is 14.2. The maximum absolute atomic E-state index is 6.67. The quantitative estimate of drug-likeness (QED) is 0.272. The minimum atomic E-state index is -0.300. The molecule has 0 amide bonds. The molecule has 0 aromatic heterocycles. The Kier molecular flexibility index (Phi) is 11.9. The van der Waals surface area contributed by atoms with Gasteiger partial charge in [-0.2, -0.15) is 0 Å². The Morgan fingerprint density at radius 3 is 1.69 bits per heavy atom. The minimum Gasteiger partial charge on any atom is -0.375 e. The van der Waals surface area contributed by atoms with Crippen LogP contribution in [0, 0.1) is 10.8 Å². The van der Waals surface area contributed by atoms with Crippen molar-refractivity contribution in [2.75, 3.05) is 19.8 Å². The van der Waals surface area contributed by atoms with Crippen molar-refractivity contribution < 1.29 is 14.2 Å². The van der Waals surface area contributed by atoms with E-state index in [-0.39, 0.29) is 39.0 Å². The zero-order valence-corrected chi connectivity index (χ0v) is 24.6. The van der Waals surface area contributed by atoms with Crippen LogP contribution < -0.4 is 11.5 Å². The summed E-state index contributed by atoms with van der Waals surface area (Å²) in [6.45, 7) is 28.1. The summed E-state index contributed by atoms with van der Waals surface area (Å²) in [6.07, 6.45) is 3.57. The topological polar surface area (TPSA) is 79.7 Å². The van der Waals surface area contributed by atoms with Crippen molar-refractivity contribution in [3.63, 3.8) is 0 Å². The molecule has 0 bridgehead atoms. The fraction of sp³-hybridized carbons (Fsp3) is 1.00. The molecule has 32 heavy (non-hydrogen) atoms. The minimum absolute atomic E-state index is 0.0480. The van der Waals surface area contributed by atoms with Crippen LogP contribution in [0.15, 0.2) is 0 Å². The van der Waals surface area contributed by atoms with Gasteiger partial charge in [-0.15, -0.1) is 9.24 Å². The van der Waals surface area contributed by atoms with Gasteiger partial charge in [-0.05, 0) is 98.4 Å². The van der Waals surface area contributed by atoms with E-state index in [0.29, 0.717) is 19.8 Å². The summed E-state index contributed by atoms with van der Waals surface area (Å²) < 4.78 is 19.1. The van der Waals surface area contributed by atoms with Gasteiger partial charge >= 0.3 is 0 Å². The highest BCUT2D eigenvalue weighted by Crippen LogP contribution is 2.43. The van der Waals surface area contributed by atoms with Crippen molar-refractivity contribution in [1.82, 2.24) is 0 Å². The average Bonchev–Trinajstić information content (AvgIpc) is 2.51. The van der Waals surface area contributed by atoms with E-state index in [1.54, 1.807) is 0 Å². The molecule has 0 aliphatic rings. The molecule has 194 valence electrons. The largest absolute Gasteiger partial charge is 0.375 e. The van der Waals surface area contributed by atoms with Crippen LogP contribution in [0.1, 0.15) is 109 Å². The van der Waals surface area contributed by atoms with Gasteiger partial charge in [0.2, 0.25) is 0 Å². The van der Waals surface area contributed by atoms with Gasteiger partial charge in [0, 0.05) is 18.8 Å². The first kappa shape index (κ1) is 32.2. The Balaban J connectivity index is 4.95. The van der Waals surface area contributed by atoms with Crippen LogP contribution in [-0.2, 0) is 14.2 Å². The van der Waals surface area contributed by atoms with E-state index in [2.05, 4.69) is 78.5 Å². The molecule has 0 saturated heterocycles. The first-order valence-corrected chi connectivity index (χ1v) is 12.9. The van der Waals surface area contributed by atoms with Crippen LogP contribution in [0.2, 0.25) is 0 Å². The lowest BCUT2D eigenvalue weighted by atomic mass is 9.72. The van der Waals surface area contributed by atoms with Crippen LogP contribution in [0.25, 0.3) is 0 Å². The molecule has 0 fully saturated rings. The van der Waals surface area contributed by atoms with Gasteiger partial charge in [0.05, 0.1) is 22.6 Å². The highest BCUT2D eigenvalue weighted by atomic mass is 31.0. The van der Waals surface area contributed by atoms with Gasteiger partial charge in [-0.3, -0.25) is 0 Å². The zero-order valence-electron chi connectivity index (χ0n) is 23.5. The fourth-order valence-corrected chi connectivity index (χ4v) is 3.92. The van der Waals surface area contributed by atoms with E-state index in [0.717, 1.165) is 25.7 Å².